The molecular weight excluding hydrogens is 578 g/mol. The fourth-order valence-corrected chi connectivity index (χ4v) is 6.06. The number of benzene rings is 2. The van der Waals surface area contributed by atoms with Gasteiger partial charge in [0.1, 0.15) is 6.04 Å². The van der Waals surface area contributed by atoms with Crippen LogP contribution in [0.4, 0.5) is 5.69 Å². The molecule has 1 aliphatic rings. The van der Waals surface area contributed by atoms with Gasteiger partial charge in [0.2, 0.25) is 21.8 Å². The minimum atomic E-state index is -3.59. The van der Waals surface area contributed by atoms with E-state index in [2.05, 4.69) is 21.2 Å². The Bertz CT molecular complexity index is 1200. The fourth-order valence-electron chi connectivity index (χ4n) is 4.61. The van der Waals surface area contributed by atoms with Crippen LogP contribution in [0.5, 0.6) is 0 Å². The molecule has 2 aromatic rings. The summed E-state index contributed by atoms with van der Waals surface area (Å²) < 4.78 is 27.4. The van der Waals surface area contributed by atoms with Crippen molar-refractivity contribution < 1.29 is 18.0 Å². The van der Waals surface area contributed by atoms with Crippen molar-refractivity contribution in [2.45, 2.75) is 71.0 Å². The van der Waals surface area contributed by atoms with Gasteiger partial charge < -0.3 is 10.2 Å². The summed E-state index contributed by atoms with van der Waals surface area (Å²) >= 11 is 9.65. The van der Waals surface area contributed by atoms with Crippen LogP contribution in [0, 0.1) is 6.92 Å². The molecule has 0 spiro atoms. The summed E-state index contributed by atoms with van der Waals surface area (Å²) in [6.45, 7) is 3.93. The van der Waals surface area contributed by atoms with Crippen molar-refractivity contribution in [3.8, 4) is 0 Å². The normalized spacial score (nSPS) is 14.8. The van der Waals surface area contributed by atoms with Gasteiger partial charge >= 0.3 is 0 Å². The van der Waals surface area contributed by atoms with Crippen LogP contribution in [0.1, 0.15) is 56.6 Å². The lowest BCUT2D eigenvalue weighted by Gasteiger charge is -2.30. The smallest absolute Gasteiger partial charge is 0.242 e. The van der Waals surface area contributed by atoms with Gasteiger partial charge in [-0.3, -0.25) is 13.9 Å². The largest absolute Gasteiger partial charge is 0.352 e. The zero-order chi connectivity index (χ0) is 27.2. The molecule has 2 aromatic carbocycles. The van der Waals surface area contributed by atoms with Gasteiger partial charge in [0.25, 0.3) is 0 Å². The standard InChI is InChI=1S/C27H35BrClN3O4S/c1-19-24(29)10-6-11-25(19)32(37(3,35)36)17-7-12-26(33)31(18-21-13-15-22(28)16-14-21)20(2)27(34)30-23-8-4-5-9-23/h6,10-11,13-16,20,23H,4-5,7-9,12,17-18H2,1-3H3,(H,30,34)/t20-/m0/s1. The van der Waals surface area contributed by atoms with E-state index in [9.17, 15) is 18.0 Å². The molecule has 3 rings (SSSR count). The molecule has 0 aromatic heterocycles. The third-order valence-corrected chi connectivity index (χ3v) is 8.91. The molecule has 10 heteroatoms. The zero-order valence-corrected chi connectivity index (χ0v) is 24.7. The van der Waals surface area contributed by atoms with E-state index in [0.29, 0.717) is 22.7 Å². The molecule has 0 radical (unpaired) electrons. The first kappa shape index (κ1) is 29.5. The van der Waals surface area contributed by atoms with Crippen LogP contribution >= 0.6 is 27.5 Å². The second-order valence-corrected chi connectivity index (χ2v) is 12.9. The quantitative estimate of drug-likeness (QED) is 0.367. The van der Waals surface area contributed by atoms with Crippen LogP contribution in [0.15, 0.2) is 46.9 Å². The van der Waals surface area contributed by atoms with E-state index >= 15 is 0 Å². The lowest BCUT2D eigenvalue weighted by Crippen LogP contribution is -2.49. The minimum absolute atomic E-state index is 0.100. The first-order valence-electron chi connectivity index (χ1n) is 12.5. The van der Waals surface area contributed by atoms with E-state index in [1.54, 1.807) is 36.9 Å². The second-order valence-electron chi connectivity index (χ2n) is 9.64. The second kappa shape index (κ2) is 13.1. The number of anilines is 1. The van der Waals surface area contributed by atoms with Gasteiger partial charge in [0.15, 0.2) is 0 Å². The number of hydrogen-bond donors (Lipinski definition) is 1. The molecule has 1 atom stereocenters. The predicted octanol–water partition coefficient (Wildman–Crippen LogP) is 5.43. The molecule has 7 nitrogen and oxygen atoms in total. The average Bonchev–Trinajstić information content (AvgIpc) is 3.35. The summed E-state index contributed by atoms with van der Waals surface area (Å²) in [7, 11) is -3.59. The van der Waals surface area contributed by atoms with Gasteiger partial charge in [0.05, 0.1) is 11.9 Å². The van der Waals surface area contributed by atoms with Crippen molar-refractivity contribution in [2.75, 3.05) is 17.1 Å². The Morgan fingerprint density at radius 1 is 1.14 bits per heavy atom. The summed E-state index contributed by atoms with van der Waals surface area (Å²) in [4.78, 5) is 28.1. The number of nitrogens with zero attached hydrogens (tertiary/aromatic N) is 2. The van der Waals surface area contributed by atoms with Gasteiger partial charge in [-0.15, -0.1) is 0 Å². The Kier molecular flexibility index (Phi) is 10.4. The molecule has 1 fully saturated rings. The van der Waals surface area contributed by atoms with Gasteiger partial charge in [-0.05, 0) is 68.5 Å². The van der Waals surface area contributed by atoms with Crippen LogP contribution in [0.2, 0.25) is 5.02 Å². The molecule has 0 saturated heterocycles. The predicted molar refractivity (Wildman–Crippen MR) is 152 cm³/mol. The van der Waals surface area contributed by atoms with Crippen molar-refractivity contribution in [3.63, 3.8) is 0 Å². The Morgan fingerprint density at radius 2 is 1.78 bits per heavy atom. The van der Waals surface area contributed by atoms with Crippen molar-refractivity contribution in [3.05, 3.63) is 63.1 Å². The summed E-state index contributed by atoms with van der Waals surface area (Å²) in [6.07, 6.45) is 5.67. The molecule has 0 unspecified atom stereocenters. The lowest BCUT2D eigenvalue weighted by molar-refractivity contribution is -0.141. The topological polar surface area (TPSA) is 86.8 Å². The maximum Gasteiger partial charge on any atom is 0.242 e. The lowest BCUT2D eigenvalue weighted by atomic mass is 10.1. The number of hydrogen-bond acceptors (Lipinski definition) is 4. The SMILES string of the molecule is Cc1c(Cl)cccc1N(CCCC(=O)N(Cc1ccc(Br)cc1)[C@@H](C)C(=O)NC1CCCC1)S(C)(=O)=O. The summed E-state index contributed by atoms with van der Waals surface area (Å²) in [6, 6.07) is 12.3. The summed E-state index contributed by atoms with van der Waals surface area (Å²) in [5.74, 6) is -0.363. The molecule has 37 heavy (non-hydrogen) atoms. The van der Waals surface area contributed by atoms with Crippen LogP contribution in [0.25, 0.3) is 0 Å². The highest BCUT2D eigenvalue weighted by Gasteiger charge is 2.29. The van der Waals surface area contributed by atoms with Crippen molar-refractivity contribution >= 4 is 55.1 Å². The molecule has 1 N–H and O–H groups in total. The average molecular weight is 613 g/mol. The number of amides is 2. The van der Waals surface area contributed by atoms with Crippen molar-refractivity contribution in [1.82, 2.24) is 10.2 Å². The molecule has 0 bridgehead atoms. The number of halogens is 2. The van der Waals surface area contributed by atoms with Crippen molar-refractivity contribution in [1.29, 1.82) is 0 Å². The van der Waals surface area contributed by atoms with Gasteiger partial charge in [-0.2, -0.15) is 0 Å². The third-order valence-electron chi connectivity index (χ3n) is 6.79. The van der Waals surface area contributed by atoms with Crippen LogP contribution in [-0.2, 0) is 26.2 Å². The maximum atomic E-state index is 13.4. The molecular formula is C27H35BrClN3O4S. The van der Waals surface area contributed by atoms with E-state index in [-0.39, 0.29) is 37.4 Å². The number of carbonyl (C=O) groups excluding carboxylic acids is 2. The Balaban J connectivity index is 1.73. The molecule has 1 aliphatic carbocycles. The fraction of sp³-hybridized carbons (Fsp3) is 0.481. The number of carbonyl (C=O) groups is 2. The summed E-state index contributed by atoms with van der Waals surface area (Å²) in [5, 5.41) is 3.57. The van der Waals surface area contributed by atoms with E-state index in [4.69, 9.17) is 11.6 Å². The van der Waals surface area contributed by atoms with Crippen LogP contribution in [-0.4, -0.2) is 50.0 Å². The first-order chi connectivity index (χ1) is 17.5. The van der Waals surface area contributed by atoms with Gasteiger partial charge in [-0.1, -0.05) is 58.6 Å². The monoisotopic (exact) mass is 611 g/mol. The number of nitrogens with one attached hydrogen (secondary N) is 1. The van der Waals surface area contributed by atoms with Crippen LogP contribution < -0.4 is 9.62 Å². The molecule has 2 amide bonds. The molecule has 0 aliphatic heterocycles. The zero-order valence-electron chi connectivity index (χ0n) is 21.5. The van der Waals surface area contributed by atoms with E-state index in [1.807, 2.05) is 24.3 Å². The highest BCUT2D eigenvalue weighted by atomic mass is 79.9. The molecule has 202 valence electrons. The van der Waals surface area contributed by atoms with Crippen molar-refractivity contribution in [2.24, 2.45) is 0 Å². The molecule has 1 saturated carbocycles. The highest BCUT2D eigenvalue weighted by molar-refractivity contribution is 9.10. The molecule has 0 heterocycles. The third kappa shape index (κ3) is 8.19. The minimum Gasteiger partial charge on any atom is -0.352 e. The Hall–Kier alpha value is -2.10. The maximum absolute atomic E-state index is 13.4. The Morgan fingerprint density at radius 3 is 2.41 bits per heavy atom. The first-order valence-corrected chi connectivity index (χ1v) is 15.6. The number of rotatable bonds is 11. The van der Waals surface area contributed by atoms with E-state index in [0.717, 1.165) is 42.0 Å². The number of sulfonamides is 1. The van der Waals surface area contributed by atoms with Crippen LogP contribution in [0.3, 0.4) is 0 Å². The Labute approximate surface area is 233 Å². The highest BCUT2D eigenvalue weighted by Crippen LogP contribution is 2.28. The summed E-state index contributed by atoms with van der Waals surface area (Å²) in [5.41, 5.74) is 2.07. The van der Waals surface area contributed by atoms with Gasteiger partial charge in [-0.25, -0.2) is 8.42 Å². The van der Waals surface area contributed by atoms with E-state index < -0.39 is 16.1 Å². The van der Waals surface area contributed by atoms with Gasteiger partial charge in [0, 0.05) is 35.0 Å². The van der Waals surface area contributed by atoms with E-state index in [1.165, 1.54) is 4.31 Å².